The van der Waals surface area contributed by atoms with Gasteiger partial charge in [0.25, 0.3) is 0 Å². The minimum absolute atomic E-state index is 0.111. The fraction of sp³-hybridized carbons (Fsp3) is 0.966. The molecule has 202 valence electrons. The Morgan fingerprint density at radius 1 is 1.06 bits per heavy atom. The average molecular weight is 493 g/mol. The van der Waals surface area contributed by atoms with Crippen molar-refractivity contribution >= 4 is 5.91 Å². The van der Waals surface area contributed by atoms with E-state index in [1.165, 1.54) is 0 Å². The van der Waals surface area contributed by atoms with Crippen LogP contribution in [-0.2, 0) is 4.79 Å². The van der Waals surface area contributed by atoms with Crippen molar-refractivity contribution in [1.82, 2.24) is 10.2 Å². The molecule has 11 atom stereocenters. The molecule has 6 nitrogen and oxygen atoms in total. The van der Waals surface area contributed by atoms with Crippen LogP contribution in [-0.4, -0.2) is 71.6 Å². The fourth-order valence-electron chi connectivity index (χ4n) is 9.40. The summed E-state index contributed by atoms with van der Waals surface area (Å²) in [7, 11) is 4.09. The maximum atomic E-state index is 12.4. The molecule has 0 aromatic carbocycles. The zero-order chi connectivity index (χ0) is 25.5. The molecule has 0 aromatic rings. The molecular formula is C29H52N2O4. The van der Waals surface area contributed by atoms with Crippen LogP contribution >= 0.6 is 0 Å². The lowest BCUT2D eigenvalue weighted by Crippen LogP contribution is -2.62. The van der Waals surface area contributed by atoms with Gasteiger partial charge in [0.2, 0.25) is 5.91 Å². The van der Waals surface area contributed by atoms with Gasteiger partial charge in [0.1, 0.15) is 0 Å². The van der Waals surface area contributed by atoms with Crippen LogP contribution in [0, 0.1) is 46.3 Å². The predicted molar refractivity (Wildman–Crippen MR) is 139 cm³/mol. The van der Waals surface area contributed by atoms with Crippen LogP contribution in [0.2, 0.25) is 0 Å². The van der Waals surface area contributed by atoms with Gasteiger partial charge in [-0.05, 0) is 125 Å². The van der Waals surface area contributed by atoms with Crippen LogP contribution < -0.4 is 5.32 Å². The lowest BCUT2D eigenvalue weighted by Gasteiger charge is -2.63. The van der Waals surface area contributed by atoms with Gasteiger partial charge in [-0.1, -0.05) is 20.8 Å². The first-order valence-corrected chi connectivity index (χ1v) is 14.4. The third kappa shape index (κ3) is 5.06. The zero-order valence-corrected chi connectivity index (χ0v) is 22.9. The number of amides is 1. The minimum Gasteiger partial charge on any atom is -0.393 e. The van der Waals surface area contributed by atoms with E-state index in [4.69, 9.17) is 0 Å². The van der Waals surface area contributed by atoms with Crippen LogP contribution in [0.4, 0.5) is 0 Å². The van der Waals surface area contributed by atoms with Gasteiger partial charge in [-0.3, -0.25) is 4.79 Å². The van der Waals surface area contributed by atoms with Gasteiger partial charge in [0.15, 0.2) is 0 Å². The molecule has 35 heavy (non-hydrogen) atoms. The summed E-state index contributed by atoms with van der Waals surface area (Å²) in [5.74, 6) is 2.17. The summed E-state index contributed by atoms with van der Waals surface area (Å²) < 4.78 is 0. The number of carbonyl (C=O) groups is 1. The summed E-state index contributed by atoms with van der Waals surface area (Å²) in [5, 5.41) is 36.5. The molecule has 4 aliphatic rings. The molecule has 0 spiro atoms. The molecule has 0 aromatic heterocycles. The van der Waals surface area contributed by atoms with E-state index in [1.54, 1.807) is 0 Å². The van der Waals surface area contributed by atoms with E-state index in [1.807, 2.05) is 14.1 Å². The monoisotopic (exact) mass is 492 g/mol. The summed E-state index contributed by atoms with van der Waals surface area (Å²) in [4.78, 5) is 14.6. The second kappa shape index (κ2) is 10.6. The third-order valence-corrected chi connectivity index (χ3v) is 11.5. The Kier molecular flexibility index (Phi) is 8.27. The molecule has 0 saturated heterocycles. The van der Waals surface area contributed by atoms with E-state index in [9.17, 15) is 20.1 Å². The van der Waals surface area contributed by atoms with Crippen molar-refractivity contribution < 1.29 is 20.1 Å². The quantitative estimate of drug-likeness (QED) is 0.390. The maximum absolute atomic E-state index is 12.4. The fourth-order valence-corrected chi connectivity index (χ4v) is 9.40. The van der Waals surface area contributed by atoms with Crippen molar-refractivity contribution in [2.24, 2.45) is 46.3 Å². The van der Waals surface area contributed by atoms with Gasteiger partial charge in [0.05, 0.1) is 18.3 Å². The molecule has 6 heteroatoms. The summed E-state index contributed by atoms with van der Waals surface area (Å²) in [5.41, 5.74) is -0.0824. The maximum Gasteiger partial charge on any atom is 0.220 e. The van der Waals surface area contributed by atoms with E-state index in [0.29, 0.717) is 36.0 Å². The highest BCUT2D eigenvalue weighted by Gasteiger charge is 2.65. The van der Waals surface area contributed by atoms with Gasteiger partial charge >= 0.3 is 0 Å². The largest absolute Gasteiger partial charge is 0.393 e. The van der Waals surface area contributed by atoms with Crippen LogP contribution in [0.1, 0.15) is 85.0 Å². The Hall–Kier alpha value is -0.690. The minimum atomic E-state index is -0.363. The molecule has 0 radical (unpaired) electrons. The molecule has 4 fully saturated rings. The molecule has 0 heterocycles. The van der Waals surface area contributed by atoms with Crippen LogP contribution in [0.15, 0.2) is 0 Å². The molecule has 1 amide bonds. The number of nitrogens with one attached hydrogen (secondary N) is 1. The highest BCUT2D eigenvalue weighted by atomic mass is 16.3. The van der Waals surface area contributed by atoms with Gasteiger partial charge in [0, 0.05) is 13.0 Å². The first-order valence-electron chi connectivity index (χ1n) is 14.4. The van der Waals surface area contributed by atoms with Crippen LogP contribution in [0.25, 0.3) is 0 Å². The Morgan fingerprint density at radius 2 is 1.80 bits per heavy atom. The SMILES string of the molecule is CC(CCC(=O)NCCCN(C)C)C1CCC2C3C(O)CC4CC(O)CC[C@]4(C)C3CC(O)[C@]12C. The molecule has 4 rings (SSSR count). The van der Waals surface area contributed by atoms with E-state index < -0.39 is 0 Å². The molecule has 9 unspecified atom stereocenters. The number of hydrogen-bond acceptors (Lipinski definition) is 5. The van der Waals surface area contributed by atoms with Gasteiger partial charge in [-0.25, -0.2) is 0 Å². The number of rotatable bonds is 8. The number of fused-ring (bicyclic) bond motifs is 5. The average Bonchev–Trinajstić information content (AvgIpc) is 3.15. The Balaban J connectivity index is 1.41. The number of aliphatic hydroxyl groups excluding tert-OH is 3. The van der Waals surface area contributed by atoms with Crippen LogP contribution in [0.5, 0.6) is 0 Å². The smallest absolute Gasteiger partial charge is 0.220 e. The Labute approximate surface area is 213 Å². The highest BCUT2D eigenvalue weighted by Crippen LogP contribution is 2.68. The van der Waals surface area contributed by atoms with E-state index in [0.717, 1.165) is 70.9 Å². The number of hydrogen-bond donors (Lipinski definition) is 4. The molecular weight excluding hydrogens is 440 g/mol. The van der Waals surface area contributed by atoms with Crippen molar-refractivity contribution in [3.63, 3.8) is 0 Å². The van der Waals surface area contributed by atoms with E-state index in [2.05, 4.69) is 31.0 Å². The summed E-state index contributed by atoms with van der Waals surface area (Å²) in [6.07, 6.45) is 7.81. The van der Waals surface area contributed by atoms with Crippen LogP contribution in [0.3, 0.4) is 0 Å². The first-order chi connectivity index (χ1) is 16.5. The lowest BCUT2D eigenvalue weighted by atomic mass is 9.43. The lowest BCUT2D eigenvalue weighted by molar-refractivity contribution is -0.207. The number of aliphatic hydroxyl groups is 3. The second-order valence-electron chi connectivity index (χ2n) is 13.5. The van der Waals surface area contributed by atoms with Gasteiger partial charge in [-0.15, -0.1) is 0 Å². The summed E-state index contributed by atoms with van der Waals surface area (Å²) in [6.45, 7) is 8.65. The van der Waals surface area contributed by atoms with Crippen molar-refractivity contribution in [2.75, 3.05) is 27.2 Å². The molecule has 0 bridgehead atoms. The van der Waals surface area contributed by atoms with Gasteiger partial charge < -0.3 is 25.5 Å². The summed E-state index contributed by atoms with van der Waals surface area (Å²) in [6, 6.07) is 0. The third-order valence-electron chi connectivity index (χ3n) is 11.5. The normalized spacial score (nSPS) is 46.0. The van der Waals surface area contributed by atoms with E-state index >= 15 is 0 Å². The van der Waals surface area contributed by atoms with E-state index in [-0.39, 0.29) is 41.0 Å². The standard InChI is InChI=1S/C29H52N2O4/c1-18(7-10-26(35)30-13-6-14-31(4)5)21-8-9-22-27-23(17-25(34)29(21,22)3)28(2)12-11-20(32)15-19(28)16-24(27)33/h18-25,27,32-34H,6-17H2,1-5H3,(H,30,35)/t18?,19?,20?,21?,22?,23?,24?,25?,27?,28-,29+/m0/s1. The zero-order valence-electron chi connectivity index (χ0n) is 22.9. The number of carbonyl (C=O) groups excluding carboxylic acids is 1. The molecule has 4 aliphatic carbocycles. The number of nitrogens with zero attached hydrogens (tertiary/aromatic N) is 1. The van der Waals surface area contributed by atoms with Crippen molar-refractivity contribution in [3.05, 3.63) is 0 Å². The molecule has 4 N–H and O–H groups in total. The van der Waals surface area contributed by atoms with Crippen molar-refractivity contribution in [1.29, 1.82) is 0 Å². The highest BCUT2D eigenvalue weighted by molar-refractivity contribution is 5.75. The Bertz CT molecular complexity index is 746. The Morgan fingerprint density at radius 3 is 2.51 bits per heavy atom. The first kappa shape index (κ1) is 27.3. The van der Waals surface area contributed by atoms with Gasteiger partial charge in [-0.2, -0.15) is 0 Å². The van der Waals surface area contributed by atoms with Crippen molar-refractivity contribution in [2.45, 2.75) is 103 Å². The van der Waals surface area contributed by atoms with Crippen molar-refractivity contribution in [3.8, 4) is 0 Å². The predicted octanol–water partition coefficient (Wildman–Crippen LogP) is 3.43. The topological polar surface area (TPSA) is 93.0 Å². The summed E-state index contributed by atoms with van der Waals surface area (Å²) >= 11 is 0. The molecule has 0 aliphatic heterocycles. The molecule has 4 saturated carbocycles. The second-order valence-corrected chi connectivity index (χ2v) is 13.5.